The quantitative estimate of drug-likeness (QED) is 0.725. The van der Waals surface area contributed by atoms with Crippen LogP contribution in [0.2, 0.25) is 5.15 Å². The Hall–Kier alpha value is -0.670. The van der Waals surface area contributed by atoms with Crippen LogP contribution in [0, 0.1) is 12.8 Å². The molecular formula is C18H31ClN4O3S. The standard InChI is InChI=1S/C18H31ClN4O3S/c1-13(2)10-22-5-6-26-16(11-22)8-20-9-17-14(3)21-23(18(17)19)15-4-7-27(24,25)12-15/h13,15-16,20H,4-12H2,1-3H3/t15-,16+/m1/s1. The number of halogens is 1. The molecule has 1 N–H and O–H groups in total. The fourth-order valence-corrected chi connectivity index (χ4v) is 5.98. The average molecular weight is 419 g/mol. The smallest absolute Gasteiger partial charge is 0.152 e. The summed E-state index contributed by atoms with van der Waals surface area (Å²) in [5, 5.41) is 8.50. The minimum atomic E-state index is -2.97. The molecule has 0 amide bonds. The van der Waals surface area contributed by atoms with Crippen LogP contribution in [0.4, 0.5) is 0 Å². The summed E-state index contributed by atoms with van der Waals surface area (Å²) in [4.78, 5) is 2.46. The number of ether oxygens (including phenoxy) is 1. The van der Waals surface area contributed by atoms with Gasteiger partial charge in [-0.1, -0.05) is 25.4 Å². The molecule has 2 aliphatic heterocycles. The Bertz CT molecular complexity index is 750. The maximum atomic E-state index is 11.7. The van der Waals surface area contributed by atoms with E-state index < -0.39 is 9.84 Å². The molecule has 2 aliphatic rings. The fourth-order valence-electron chi connectivity index (χ4n) is 3.91. The highest BCUT2D eigenvalue weighted by molar-refractivity contribution is 7.91. The van der Waals surface area contributed by atoms with Crippen LogP contribution in [0.3, 0.4) is 0 Å². The van der Waals surface area contributed by atoms with Crippen molar-refractivity contribution >= 4 is 21.4 Å². The first-order valence-electron chi connectivity index (χ1n) is 9.73. The predicted octanol–water partition coefficient (Wildman–Crippen LogP) is 1.65. The largest absolute Gasteiger partial charge is 0.374 e. The number of nitrogens with zero attached hydrogens (tertiary/aromatic N) is 3. The molecule has 1 aromatic heterocycles. The summed E-state index contributed by atoms with van der Waals surface area (Å²) in [6, 6.07) is -0.152. The third-order valence-corrected chi connectivity index (χ3v) is 7.37. The Labute approximate surface area is 167 Å². The van der Waals surface area contributed by atoms with E-state index in [0.717, 1.165) is 44.0 Å². The van der Waals surface area contributed by atoms with E-state index in [-0.39, 0.29) is 23.7 Å². The second-order valence-electron chi connectivity index (χ2n) is 8.13. The van der Waals surface area contributed by atoms with E-state index in [4.69, 9.17) is 16.3 Å². The van der Waals surface area contributed by atoms with E-state index in [2.05, 4.69) is 29.2 Å². The zero-order chi connectivity index (χ0) is 19.6. The lowest BCUT2D eigenvalue weighted by Crippen LogP contribution is -2.47. The molecule has 0 aromatic carbocycles. The highest BCUT2D eigenvalue weighted by Gasteiger charge is 2.32. The van der Waals surface area contributed by atoms with Crippen LogP contribution in [0.1, 0.15) is 37.6 Å². The zero-order valence-electron chi connectivity index (χ0n) is 16.4. The van der Waals surface area contributed by atoms with Gasteiger partial charge in [0.05, 0.1) is 36.0 Å². The average Bonchev–Trinajstić information content (AvgIpc) is 3.08. The van der Waals surface area contributed by atoms with Crippen LogP contribution in [0.5, 0.6) is 0 Å². The third-order valence-electron chi connectivity index (χ3n) is 5.22. The first-order valence-corrected chi connectivity index (χ1v) is 11.9. The van der Waals surface area contributed by atoms with Gasteiger partial charge in [0.25, 0.3) is 0 Å². The lowest BCUT2D eigenvalue weighted by atomic mass is 10.1. The van der Waals surface area contributed by atoms with Gasteiger partial charge in [0.15, 0.2) is 9.84 Å². The van der Waals surface area contributed by atoms with E-state index in [1.165, 1.54) is 0 Å². The molecule has 3 rings (SSSR count). The van der Waals surface area contributed by atoms with Gasteiger partial charge in [-0.05, 0) is 19.3 Å². The van der Waals surface area contributed by atoms with E-state index in [1.807, 2.05) is 6.92 Å². The summed E-state index contributed by atoms with van der Waals surface area (Å²) in [7, 11) is -2.97. The van der Waals surface area contributed by atoms with Crippen molar-refractivity contribution in [2.75, 3.05) is 44.3 Å². The van der Waals surface area contributed by atoms with Crippen molar-refractivity contribution in [2.45, 2.75) is 45.9 Å². The van der Waals surface area contributed by atoms with Crippen molar-refractivity contribution in [1.29, 1.82) is 0 Å². The van der Waals surface area contributed by atoms with Crippen molar-refractivity contribution < 1.29 is 13.2 Å². The fraction of sp³-hybridized carbons (Fsp3) is 0.833. The van der Waals surface area contributed by atoms with Crippen molar-refractivity contribution in [3.8, 4) is 0 Å². The van der Waals surface area contributed by atoms with Crippen molar-refractivity contribution in [1.82, 2.24) is 20.0 Å². The lowest BCUT2D eigenvalue weighted by molar-refractivity contribution is -0.0303. The number of rotatable bonds is 7. The molecule has 0 saturated carbocycles. The molecule has 2 fully saturated rings. The molecule has 1 aromatic rings. The van der Waals surface area contributed by atoms with Gasteiger partial charge >= 0.3 is 0 Å². The number of sulfone groups is 1. The van der Waals surface area contributed by atoms with Gasteiger partial charge < -0.3 is 10.1 Å². The van der Waals surface area contributed by atoms with Crippen molar-refractivity contribution in [3.05, 3.63) is 16.4 Å². The van der Waals surface area contributed by atoms with E-state index >= 15 is 0 Å². The molecule has 2 saturated heterocycles. The predicted molar refractivity (Wildman–Crippen MR) is 107 cm³/mol. The maximum absolute atomic E-state index is 11.7. The number of hydrogen-bond donors (Lipinski definition) is 1. The molecule has 0 unspecified atom stereocenters. The van der Waals surface area contributed by atoms with Gasteiger partial charge in [0, 0.05) is 38.3 Å². The number of aryl methyl sites for hydroxylation is 1. The van der Waals surface area contributed by atoms with Gasteiger partial charge in [0.2, 0.25) is 0 Å². The van der Waals surface area contributed by atoms with Crippen LogP contribution >= 0.6 is 11.6 Å². The van der Waals surface area contributed by atoms with Crippen molar-refractivity contribution in [3.63, 3.8) is 0 Å². The molecule has 0 spiro atoms. The Balaban J connectivity index is 1.54. The second kappa shape index (κ2) is 8.78. The number of aromatic nitrogens is 2. The highest BCUT2D eigenvalue weighted by Crippen LogP contribution is 2.29. The summed E-state index contributed by atoms with van der Waals surface area (Å²) in [5.41, 5.74) is 1.79. The molecule has 3 heterocycles. The Morgan fingerprint density at radius 2 is 2.19 bits per heavy atom. The molecule has 7 nitrogen and oxygen atoms in total. The normalized spacial score (nSPS) is 26.1. The number of nitrogens with one attached hydrogen (secondary N) is 1. The van der Waals surface area contributed by atoms with Crippen LogP contribution in [0.25, 0.3) is 0 Å². The van der Waals surface area contributed by atoms with E-state index in [0.29, 0.717) is 24.0 Å². The lowest BCUT2D eigenvalue weighted by Gasteiger charge is -2.34. The number of hydrogen-bond acceptors (Lipinski definition) is 6. The Morgan fingerprint density at radius 3 is 2.85 bits per heavy atom. The summed E-state index contributed by atoms with van der Waals surface area (Å²) in [6.07, 6.45) is 0.754. The topological polar surface area (TPSA) is 76.5 Å². The molecule has 27 heavy (non-hydrogen) atoms. The minimum Gasteiger partial charge on any atom is -0.374 e. The summed E-state index contributed by atoms with van der Waals surface area (Å²) in [6.45, 7) is 11.6. The SMILES string of the molecule is Cc1nn([C@@H]2CCS(=O)(=O)C2)c(Cl)c1CNC[C@H]1CN(CC(C)C)CCO1. The molecule has 0 aliphatic carbocycles. The first kappa shape index (κ1) is 21.0. The van der Waals surface area contributed by atoms with Crippen molar-refractivity contribution in [2.24, 2.45) is 5.92 Å². The molecule has 2 atom stereocenters. The van der Waals surface area contributed by atoms with Gasteiger partial charge in [-0.3, -0.25) is 4.90 Å². The first-order chi connectivity index (χ1) is 12.7. The summed E-state index contributed by atoms with van der Waals surface area (Å²) in [5.74, 6) is 0.998. The molecule has 0 bridgehead atoms. The minimum absolute atomic E-state index is 0.127. The van der Waals surface area contributed by atoms with E-state index in [1.54, 1.807) is 4.68 Å². The Morgan fingerprint density at radius 1 is 1.41 bits per heavy atom. The molecular weight excluding hydrogens is 388 g/mol. The third kappa shape index (κ3) is 5.44. The maximum Gasteiger partial charge on any atom is 0.152 e. The number of morpholine rings is 1. The van der Waals surface area contributed by atoms with Crippen LogP contribution in [0.15, 0.2) is 0 Å². The van der Waals surface area contributed by atoms with Gasteiger partial charge in [-0.15, -0.1) is 0 Å². The van der Waals surface area contributed by atoms with Gasteiger partial charge in [-0.25, -0.2) is 13.1 Å². The van der Waals surface area contributed by atoms with Crippen LogP contribution in [-0.2, 0) is 21.1 Å². The van der Waals surface area contributed by atoms with Gasteiger partial charge in [-0.2, -0.15) is 5.10 Å². The van der Waals surface area contributed by atoms with Gasteiger partial charge in [0.1, 0.15) is 5.15 Å². The summed E-state index contributed by atoms with van der Waals surface area (Å²) >= 11 is 6.53. The molecule has 154 valence electrons. The van der Waals surface area contributed by atoms with Crippen LogP contribution in [-0.4, -0.2) is 73.5 Å². The Kier molecular flexibility index (Phi) is 6.84. The summed E-state index contributed by atoms with van der Waals surface area (Å²) < 4.78 is 31.1. The highest BCUT2D eigenvalue weighted by atomic mass is 35.5. The molecule has 9 heteroatoms. The van der Waals surface area contributed by atoms with E-state index in [9.17, 15) is 8.42 Å². The second-order valence-corrected chi connectivity index (χ2v) is 10.7. The zero-order valence-corrected chi connectivity index (χ0v) is 18.0. The monoisotopic (exact) mass is 418 g/mol. The molecule has 0 radical (unpaired) electrons. The van der Waals surface area contributed by atoms with Crippen LogP contribution < -0.4 is 5.32 Å².